The van der Waals surface area contributed by atoms with Gasteiger partial charge < -0.3 is 5.11 Å². The molecule has 21 heavy (non-hydrogen) atoms. The summed E-state index contributed by atoms with van der Waals surface area (Å²) >= 11 is 6.12. The number of hydrogen-bond acceptors (Lipinski definition) is 2. The smallest absolute Gasteiger partial charge is 0.127 e. The molecule has 0 bridgehead atoms. The van der Waals surface area contributed by atoms with Crippen LogP contribution in [0.25, 0.3) is 0 Å². The third-order valence-electron chi connectivity index (χ3n) is 5.28. The molecule has 3 rings (SSSR count). The van der Waals surface area contributed by atoms with Gasteiger partial charge in [-0.2, -0.15) is 0 Å². The molecule has 1 aliphatic heterocycles. The summed E-state index contributed by atoms with van der Waals surface area (Å²) in [7, 11) is 0. The van der Waals surface area contributed by atoms with E-state index in [1.165, 1.54) is 18.9 Å². The molecule has 0 spiro atoms. The molecule has 2 nitrogen and oxygen atoms in total. The Morgan fingerprint density at radius 2 is 1.86 bits per heavy atom. The zero-order chi connectivity index (χ0) is 14.9. The van der Waals surface area contributed by atoms with Gasteiger partial charge in [-0.15, -0.1) is 0 Å². The molecule has 1 saturated heterocycles. The van der Waals surface area contributed by atoms with Crippen LogP contribution >= 0.6 is 11.6 Å². The Kier molecular flexibility index (Phi) is 4.53. The lowest BCUT2D eigenvalue weighted by Gasteiger charge is -2.43. The lowest BCUT2D eigenvalue weighted by Crippen LogP contribution is -2.54. The summed E-state index contributed by atoms with van der Waals surface area (Å²) in [6, 6.07) is 4.73. The highest BCUT2D eigenvalue weighted by atomic mass is 35.5. The average molecular weight is 312 g/mol. The van der Waals surface area contributed by atoms with Gasteiger partial charge in [-0.1, -0.05) is 30.5 Å². The van der Waals surface area contributed by atoms with Crippen molar-refractivity contribution in [1.82, 2.24) is 4.90 Å². The van der Waals surface area contributed by atoms with E-state index in [-0.39, 0.29) is 11.4 Å². The second-order valence-electron chi connectivity index (χ2n) is 6.42. The van der Waals surface area contributed by atoms with Crippen LogP contribution in [-0.2, 0) is 6.42 Å². The second-order valence-corrected chi connectivity index (χ2v) is 6.83. The van der Waals surface area contributed by atoms with Gasteiger partial charge in [0.25, 0.3) is 0 Å². The molecule has 1 aromatic carbocycles. The fourth-order valence-electron chi connectivity index (χ4n) is 4.12. The summed E-state index contributed by atoms with van der Waals surface area (Å²) in [5.74, 6) is -0.309. The molecule has 1 aromatic rings. The van der Waals surface area contributed by atoms with Crippen molar-refractivity contribution in [3.05, 3.63) is 34.6 Å². The third-order valence-corrected chi connectivity index (χ3v) is 5.64. The van der Waals surface area contributed by atoms with Crippen molar-refractivity contribution in [3.8, 4) is 0 Å². The van der Waals surface area contributed by atoms with Crippen molar-refractivity contribution in [2.24, 2.45) is 0 Å². The van der Waals surface area contributed by atoms with Crippen LogP contribution in [0.4, 0.5) is 4.39 Å². The Morgan fingerprint density at radius 1 is 1.19 bits per heavy atom. The summed E-state index contributed by atoms with van der Waals surface area (Å²) in [4.78, 5) is 2.44. The van der Waals surface area contributed by atoms with Crippen molar-refractivity contribution in [2.75, 3.05) is 13.1 Å². The standard InChI is InChI=1S/C17H23ClFNO/c18-14-6-5-7-15(19)13(14)12-16(21)17(8-1-2-9-17)20-10-3-4-11-20/h5-7,16,21H,1-4,8-12H2. The van der Waals surface area contributed by atoms with Gasteiger partial charge >= 0.3 is 0 Å². The molecule has 4 heteroatoms. The van der Waals surface area contributed by atoms with E-state index in [1.807, 2.05) is 0 Å². The van der Waals surface area contributed by atoms with Gasteiger partial charge in [0.15, 0.2) is 0 Å². The summed E-state index contributed by atoms with van der Waals surface area (Å²) in [5, 5.41) is 11.3. The molecular formula is C17H23ClFNO. The molecule has 116 valence electrons. The molecule has 1 unspecified atom stereocenters. The topological polar surface area (TPSA) is 23.5 Å². The van der Waals surface area contributed by atoms with Crippen LogP contribution in [-0.4, -0.2) is 34.7 Å². The number of nitrogens with zero attached hydrogens (tertiary/aromatic N) is 1. The maximum absolute atomic E-state index is 14.0. The average Bonchev–Trinajstić information content (AvgIpc) is 3.13. The summed E-state index contributed by atoms with van der Waals surface area (Å²) in [6.45, 7) is 2.12. The van der Waals surface area contributed by atoms with E-state index in [2.05, 4.69) is 4.90 Å². The van der Waals surface area contributed by atoms with Crippen LogP contribution in [0.2, 0.25) is 5.02 Å². The number of hydrogen-bond donors (Lipinski definition) is 1. The minimum atomic E-state index is -0.549. The van der Waals surface area contributed by atoms with Gasteiger partial charge in [0.1, 0.15) is 5.82 Å². The van der Waals surface area contributed by atoms with E-state index in [4.69, 9.17) is 11.6 Å². The van der Waals surface area contributed by atoms with Crippen LogP contribution in [0.5, 0.6) is 0 Å². The molecular weight excluding hydrogens is 289 g/mol. The van der Waals surface area contributed by atoms with Crippen molar-refractivity contribution in [2.45, 2.75) is 56.6 Å². The Labute approximate surface area is 130 Å². The number of rotatable bonds is 4. The van der Waals surface area contributed by atoms with E-state index in [0.29, 0.717) is 17.0 Å². The van der Waals surface area contributed by atoms with Crippen molar-refractivity contribution in [3.63, 3.8) is 0 Å². The van der Waals surface area contributed by atoms with Gasteiger partial charge in [-0.25, -0.2) is 4.39 Å². The largest absolute Gasteiger partial charge is 0.391 e. The lowest BCUT2D eigenvalue weighted by atomic mass is 9.84. The number of halogens is 2. The molecule has 0 amide bonds. The second kappa shape index (κ2) is 6.23. The van der Waals surface area contributed by atoms with Crippen molar-refractivity contribution >= 4 is 11.6 Å². The van der Waals surface area contributed by atoms with Gasteiger partial charge in [0, 0.05) is 22.5 Å². The van der Waals surface area contributed by atoms with Crippen molar-refractivity contribution in [1.29, 1.82) is 0 Å². The molecule has 2 fully saturated rings. The maximum Gasteiger partial charge on any atom is 0.127 e. The first-order valence-electron chi connectivity index (χ1n) is 7.99. The highest BCUT2D eigenvalue weighted by molar-refractivity contribution is 6.31. The minimum absolute atomic E-state index is 0.165. The highest BCUT2D eigenvalue weighted by Crippen LogP contribution is 2.41. The van der Waals surface area contributed by atoms with E-state index in [0.717, 1.165) is 38.8 Å². The predicted molar refractivity (Wildman–Crippen MR) is 83.1 cm³/mol. The van der Waals surface area contributed by atoms with Crippen LogP contribution in [0, 0.1) is 5.82 Å². The Bertz CT molecular complexity index is 475. The Balaban J connectivity index is 1.83. The summed E-state index contributed by atoms with van der Waals surface area (Å²) in [5.41, 5.74) is 0.291. The molecule has 0 radical (unpaired) electrons. The number of aliphatic hydroxyl groups is 1. The number of aliphatic hydroxyl groups excluding tert-OH is 1. The monoisotopic (exact) mass is 311 g/mol. The Morgan fingerprint density at radius 3 is 2.48 bits per heavy atom. The number of likely N-dealkylation sites (tertiary alicyclic amines) is 1. The fourth-order valence-corrected chi connectivity index (χ4v) is 4.36. The van der Waals surface area contributed by atoms with Crippen LogP contribution in [0.1, 0.15) is 44.1 Å². The normalized spacial score (nSPS) is 23.6. The first-order chi connectivity index (χ1) is 10.1. The van der Waals surface area contributed by atoms with Crippen LogP contribution in [0.15, 0.2) is 18.2 Å². The van der Waals surface area contributed by atoms with E-state index < -0.39 is 6.10 Å². The highest BCUT2D eigenvalue weighted by Gasteiger charge is 2.46. The van der Waals surface area contributed by atoms with Crippen molar-refractivity contribution < 1.29 is 9.50 Å². The Hall–Kier alpha value is -0.640. The summed E-state index contributed by atoms with van der Waals surface area (Å²) < 4.78 is 14.0. The molecule has 1 aliphatic carbocycles. The van der Waals surface area contributed by atoms with Gasteiger partial charge in [0.05, 0.1) is 6.10 Å². The quantitative estimate of drug-likeness (QED) is 0.914. The third kappa shape index (κ3) is 2.84. The zero-order valence-corrected chi connectivity index (χ0v) is 13.1. The molecule has 2 aliphatic rings. The van der Waals surface area contributed by atoms with E-state index in [1.54, 1.807) is 12.1 Å². The van der Waals surface area contributed by atoms with Gasteiger partial charge in [-0.3, -0.25) is 4.90 Å². The van der Waals surface area contributed by atoms with Gasteiger partial charge in [0.2, 0.25) is 0 Å². The van der Waals surface area contributed by atoms with Crippen LogP contribution in [0.3, 0.4) is 0 Å². The SMILES string of the molecule is OC(Cc1c(F)cccc1Cl)C1(N2CCCC2)CCCC1. The van der Waals surface area contributed by atoms with Gasteiger partial charge in [-0.05, 0) is 50.9 Å². The van der Waals surface area contributed by atoms with E-state index >= 15 is 0 Å². The molecule has 1 heterocycles. The molecule has 0 aromatic heterocycles. The lowest BCUT2D eigenvalue weighted by molar-refractivity contribution is -0.0175. The van der Waals surface area contributed by atoms with Crippen LogP contribution < -0.4 is 0 Å². The predicted octanol–water partition coefficient (Wildman–Crippen LogP) is 3.79. The fraction of sp³-hybridized carbons (Fsp3) is 0.647. The first-order valence-corrected chi connectivity index (χ1v) is 8.37. The zero-order valence-electron chi connectivity index (χ0n) is 12.3. The maximum atomic E-state index is 14.0. The minimum Gasteiger partial charge on any atom is -0.391 e. The molecule has 1 saturated carbocycles. The summed E-state index contributed by atoms with van der Waals surface area (Å²) in [6.07, 6.45) is 6.50. The first kappa shape index (κ1) is 15.3. The van der Waals surface area contributed by atoms with E-state index in [9.17, 15) is 9.50 Å². The number of benzene rings is 1. The molecule has 1 atom stereocenters. The molecule has 1 N–H and O–H groups in total.